The Labute approximate surface area is 85.0 Å². The monoisotopic (exact) mass is 191 g/mol. The van der Waals surface area contributed by atoms with Crippen LogP contribution in [0.2, 0.25) is 0 Å². The minimum Gasteiger partial charge on any atom is -0.394 e. The van der Waals surface area contributed by atoms with Crippen molar-refractivity contribution in [2.45, 2.75) is 24.8 Å². The Kier molecular flexibility index (Phi) is 2.85. The summed E-state index contributed by atoms with van der Waals surface area (Å²) in [6.45, 7) is 1.20. The van der Waals surface area contributed by atoms with Crippen molar-refractivity contribution in [1.82, 2.24) is 5.32 Å². The molecule has 2 N–H and O–H groups in total. The highest BCUT2D eigenvalue weighted by molar-refractivity contribution is 5.25. The number of rotatable bonds is 2. The Morgan fingerprint density at radius 1 is 1.21 bits per heavy atom. The molecule has 1 saturated heterocycles. The lowest BCUT2D eigenvalue weighted by Crippen LogP contribution is -2.48. The largest absolute Gasteiger partial charge is 0.394 e. The first-order valence-corrected chi connectivity index (χ1v) is 5.29. The quantitative estimate of drug-likeness (QED) is 0.745. The molecule has 1 aliphatic rings. The van der Waals surface area contributed by atoms with Gasteiger partial charge in [0.2, 0.25) is 0 Å². The van der Waals surface area contributed by atoms with E-state index in [-0.39, 0.29) is 12.1 Å². The van der Waals surface area contributed by atoms with Gasteiger partial charge in [0, 0.05) is 0 Å². The third kappa shape index (κ3) is 1.68. The van der Waals surface area contributed by atoms with Crippen molar-refractivity contribution in [2.24, 2.45) is 0 Å². The third-order valence-electron chi connectivity index (χ3n) is 3.09. The van der Waals surface area contributed by atoms with Gasteiger partial charge in [-0.2, -0.15) is 0 Å². The van der Waals surface area contributed by atoms with E-state index in [1.54, 1.807) is 0 Å². The molecule has 1 aromatic carbocycles. The van der Waals surface area contributed by atoms with E-state index in [9.17, 15) is 5.11 Å². The van der Waals surface area contributed by atoms with E-state index < -0.39 is 0 Å². The fourth-order valence-corrected chi connectivity index (χ4v) is 2.20. The zero-order chi connectivity index (χ0) is 9.86. The molecule has 14 heavy (non-hydrogen) atoms. The Morgan fingerprint density at radius 3 is 2.57 bits per heavy atom. The number of hydrogen-bond donors (Lipinski definition) is 2. The summed E-state index contributed by atoms with van der Waals surface area (Å²) >= 11 is 0. The standard InChI is InChI=1S/C12H17NO/c14-10-12(8-4-5-9-13-12)11-6-2-1-3-7-11/h1-3,6-7,13-14H,4-5,8-10H2. The van der Waals surface area contributed by atoms with Crippen molar-refractivity contribution < 1.29 is 5.11 Å². The van der Waals surface area contributed by atoms with E-state index >= 15 is 0 Å². The van der Waals surface area contributed by atoms with Gasteiger partial charge in [0.25, 0.3) is 0 Å². The summed E-state index contributed by atoms with van der Waals surface area (Å²) in [5, 5.41) is 13.0. The molecule has 1 atom stereocenters. The van der Waals surface area contributed by atoms with E-state index in [0.29, 0.717) is 0 Å². The summed E-state index contributed by atoms with van der Waals surface area (Å²) in [6, 6.07) is 10.3. The number of hydrogen-bond acceptors (Lipinski definition) is 2. The first kappa shape index (κ1) is 9.69. The second-order valence-electron chi connectivity index (χ2n) is 3.99. The van der Waals surface area contributed by atoms with Gasteiger partial charge in [0.05, 0.1) is 12.1 Å². The van der Waals surface area contributed by atoms with E-state index in [1.807, 2.05) is 18.2 Å². The molecule has 2 nitrogen and oxygen atoms in total. The fourth-order valence-electron chi connectivity index (χ4n) is 2.20. The number of benzene rings is 1. The van der Waals surface area contributed by atoms with Crippen molar-refractivity contribution in [3.8, 4) is 0 Å². The Bertz CT molecular complexity index is 278. The second kappa shape index (κ2) is 4.11. The second-order valence-corrected chi connectivity index (χ2v) is 3.99. The predicted molar refractivity (Wildman–Crippen MR) is 57.1 cm³/mol. The molecule has 2 rings (SSSR count). The summed E-state index contributed by atoms with van der Waals surface area (Å²) in [6.07, 6.45) is 3.45. The van der Waals surface area contributed by atoms with Crippen LogP contribution in [0.25, 0.3) is 0 Å². The number of nitrogens with one attached hydrogen (secondary N) is 1. The average Bonchev–Trinajstić information content (AvgIpc) is 2.31. The van der Waals surface area contributed by atoms with Crippen molar-refractivity contribution in [2.75, 3.05) is 13.2 Å². The lowest BCUT2D eigenvalue weighted by atomic mass is 9.83. The van der Waals surface area contributed by atoms with Gasteiger partial charge in [-0.3, -0.25) is 0 Å². The molecule has 0 aliphatic carbocycles. The van der Waals surface area contributed by atoms with Gasteiger partial charge in [0.15, 0.2) is 0 Å². The first-order chi connectivity index (χ1) is 6.87. The maximum atomic E-state index is 9.53. The molecule has 1 aromatic rings. The molecule has 0 radical (unpaired) electrons. The van der Waals surface area contributed by atoms with Gasteiger partial charge >= 0.3 is 0 Å². The van der Waals surface area contributed by atoms with Gasteiger partial charge in [-0.1, -0.05) is 30.3 Å². The first-order valence-electron chi connectivity index (χ1n) is 5.29. The summed E-state index contributed by atoms with van der Waals surface area (Å²) in [7, 11) is 0. The molecule has 0 aromatic heterocycles. The molecule has 0 saturated carbocycles. The van der Waals surface area contributed by atoms with Gasteiger partial charge < -0.3 is 10.4 Å². The van der Waals surface area contributed by atoms with E-state index in [2.05, 4.69) is 17.4 Å². The molecule has 1 aliphatic heterocycles. The normalized spacial score (nSPS) is 27.5. The highest BCUT2D eigenvalue weighted by Crippen LogP contribution is 2.29. The van der Waals surface area contributed by atoms with E-state index in [1.165, 1.54) is 18.4 Å². The van der Waals surface area contributed by atoms with Crippen LogP contribution in [0, 0.1) is 0 Å². The summed E-state index contributed by atoms with van der Waals surface area (Å²) < 4.78 is 0. The molecule has 1 unspecified atom stereocenters. The lowest BCUT2D eigenvalue weighted by Gasteiger charge is -2.37. The zero-order valence-corrected chi connectivity index (χ0v) is 8.37. The van der Waals surface area contributed by atoms with Gasteiger partial charge in [-0.15, -0.1) is 0 Å². The number of aliphatic hydroxyl groups is 1. The van der Waals surface area contributed by atoms with Crippen molar-refractivity contribution in [3.05, 3.63) is 35.9 Å². The Hall–Kier alpha value is -0.860. The van der Waals surface area contributed by atoms with Crippen LogP contribution >= 0.6 is 0 Å². The highest BCUT2D eigenvalue weighted by Gasteiger charge is 2.32. The van der Waals surface area contributed by atoms with Crippen LogP contribution in [0.5, 0.6) is 0 Å². The molecule has 1 heterocycles. The molecule has 0 amide bonds. The number of aliphatic hydroxyl groups excluding tert-OH is 1. The minimum absolute atomic E-state index is 0.181. The van der Waals surface area contributed by atoms with Crippen LogP contribution in [0.1, 0.15) is 24.8 Å². The molecule has 76 valence electrons. The maximum Gasteiger partial charge on any atom is 0.0669 e. The SMILES string of the molecule is OCC1(c2ccccc2)CCCCN1. The van der Waals surface area contributed by atoms with E-state index in [4.69, 9.17) is 0 Å². The van der Waals surface area contributed by atoms with Crippen LogP contribution in [0.15, 0.2) is 30.3 Å². The average molecular weight is 191 g/mol. The summed E-state index contributed by atoms with van der Waals surface area (Å²) in [5.41, 5.74) is 1.03. The molecule has 2 heteroatoms. The van der Waals surface area contributed by atoms with Crippen LogP contribution < -0.4 is 5.32 Å². The van der Waals surface area contributed by atoms with Crippen molar-refractivity contribution in [3.63, 3.8) is 0 Å². The minimum atomic E-state index is -0.181. The molecule has 0 spiro atoms. The van der Waals surface area contributed by atoms with Gasteiger partial charge in [-0.05, 0) is 31.4 Å². The molecule has 0 bridgehead atoms. The van der Waals surface area contributed by atoms with Crippen molar-refractivity contribution >= 4 is 0 Å². The molecule has 1 fully saturated rings. The van der Waals surface area contributed by atoms with Crippen LogP contribution in [0.4, 0.5) is 0 Å². The zero-order valence-electron chi connectivity index (χ0n) is 8.37. The van der Waals surface area contributed by atoms with Crippen LogP contribution in [-0.4, -0.2) is 18.3 Å². The lowest BCUT2D eigenvalue weighted by molar-refractivity contribution is 0.131. The predicted octanol–water partition coefficient (Wildman–Crippen LogP) is 1.65. The third-order valence-corrected chi connectivity index (χ3v) is 3.09. The number of piperidine rings is 1. The smallest absolute Gasteiger partial charge is 0.0669 e. The Balaban J connectivity index is 2.27. The highest BCUT2D eigenvalue weighted by atomic mass is 16.3. The molecular weight excluding hydrogens is 174 g/mol. The molecular formula is C12H17NO. The van der Waals surface area contributed by atoms with Crippen LogP contribution in [-0.2, 0) is 5.54 Å². The maximum absolute atomic E-state index is 9.53. The van der Waals surface area contributed by atoms with Crippen LogP contribution in [0.3, 0.4) is 0 Å². The van der Waals surface area contributed by atoms with Gasteiger partial charge in [-0.25, -0.2) is 0 Å². The van der Waals surface area contributed by atoms with E-state index in [0.717, 1.165) is 13.0 Å². The fraction of sp³-hybridized carbons (Fsp3) is 0.500. The van der Waals surface area contributed by atoms with Crippen molar-refractivity contribution in [1.29, 1.82) is 0 Å². The summed E-state index contributed by atoms with van der Waals surface area (Å²) in [5.74, 6) is 0. The Morgan fingerprint density at radius 2 is 2.00 bits per heavy atom. The summed E-state index contributed by atoms with van der Waals surface area (Å²) in [4.78, 5) is 0. The topological polar surface area (TPSA) is 32.3 Å². The van der Waals surface area contributed by atoms with Gasteiger partial charge in [0.1, 0.15) is 0 Å².